The molecule has 2 N–H and O–H groups in total. The highest BCUT2D eigenvalue weighted by molar-refractivity contribution is 5.79. The standard InChI is InChI=1S/C18H20N2O/c21-18(20-17-10-11-19-13-17)12-14-6-8-16(9-7-14)15-4-2-1-3-5-15/h1-9,17,19H,10-13H2,(H,20,21). The van der Waals surface area contributed by atoms with Crippen molar-refractivity contribution in [1.29, 1.82) is 0 Å². The van der Waals surface area contributed by atoms with Gasteiger partial charge in [-0.05, 0) is 29.7 Å². The van der Waals surface area contributed by atoms with Crippen LogP contribution in [-0.2, 0) is 11.2 Å². The van der Waals surface area contributed by atoms with Gasteiger partial charge in [-0.3, -0.25) is 4.79 Å². The van der Waals surface area contributed by atoms with E-state index in [1.807, 2.05) is 30.3 Å². The number of nitrogens with one attached hydrogen (secondary N) is 2. The van der Waals surface area contributed by atoms with Crippen molar-refractivity contribution in [2.45, 2.75) is 18.9 Å². The van der Waals surface area contributed by atoms with Crippen LogP contribution in [0.1, 0.15) is 12.0 Å². The lowest BCUT2D eigenvalue weighted by Gasteiger charge is -2.11. The van der Waals surface area contributed by atoms with Crippen molar-refractivity contribution in [3.63, 3.8) is 0 Å². The van der Waals surface area contributed by atoms with E-state index in [1.54, 1.807) is 0 Å². The Kier molecular flexibility index (Phi) is 4.31. The minimum Gasteiger partial charge on any atom is -0.352 e. The van der Waals surface area contributed by atoms with Crippen molar-refractivity contribution in [2.24, 2.45) is 0 Å². The van der Waals surface area contributed by atoms with Crippen molar-refractivity contribution >= 4 is 5.91 Å². The van der Waals surface area contributed by atoms with E-state index in [9.17, 15) is 4.79 Å². The van der Waals surface area contributed by atoms with Crippen LogP contribution in [0.5, 0.6) is 0 Å². The third-order valence-corrected chi connectivity index (χ3v) is 3.85. The van der Waals surface area contributed by atoms with Crippen LogP contribution in [0, 0.1) is 0 Å². The molecule has 108 valence electrons. The number of carbonyl (C=O) groups excluding carboxylic acids is 1. The van der Waals surface area contributed by atoms with Gasteiger partial charge in [0.15, 0.2) is 0 Å². The maximum absolute atomic E-state index is 12.0. The second-order valence-electron chi connectivity index (χ2n) is 5.50. The van der Waals surface area contributed by atoms with E-state index in [-0.39, 0.29) is 5.91 Å². The first-order valence-electron chi connectivity index (χ1n) is 7.46. The van der Waals surface area contributed by atoms with Crippen molar-refractivity contribution in [1.82, 2.24) is 10.6 Å². The predicted molar refractivity (Wildman–Crippen MR) is 85.0 cm³/mol. The maximum Gasteiger partial charge on any atom is 0.224 e. The molecule has 1 heterocycles. The Morgan fingerprint density at radius 3 is 2.43 bits per heavy atom. The van der Waals surface area contributed by atoms with Crippen LogP contribution >= 0.6 is 0 Å². The Balaban J connectivity index is 1.60. The summed E-state index contributed by atoms with van der Waals surface area (Å²) in [6, 6.07) is 18.8. The molecule has 2 aromatic carbocycles. The molecule has 21 heavy (non-hydrogen) atoms. The summed E-state index contributed by atoms with van der Waals surface area (Å²) in [5.41, 5.74) is 3.43. The van der Waals surface area contributed by atoms with Crippen molar-refractivity contribution in [2.75, 3.05) is 13.1 Å². The first-order valence-corrected chi connectivity index (χ1v) is 7.46. The fourth-order valence-corrected chi connectivity index (χ4v) is 2.69. The third kappa shape index (κ3) is 3.70. The topological polar surface area (TPSA) is 41.1 Å². The first-order chi connectivity index (χ1) is 10.3. The summed E-state index contributed by atoms with van der Waals surface area (Å²) in [7, 11) is 0. The van der Waals surface area contributed by atoms with Gasteiger partial charge in [-0.2, -0.15) is 0 Å². The van der Waals surface area contributed by atoms with Crippen LogP contribution in [0.4, 0.5) is 0 Å². The van der Waals surface area contributed by atoms with Crippen molar-refractivity contribution < 1.29 is 4.79 Å². The minimum absolute atomic E-state index is 0.108. The molecule has 0 saturated carbocycles. The molecule has 0 aliphatic carbocycles. The smallest absolute Gasteiger partial charge is 0.224 e. The van der Waals surface area contributed by atoms with E-state index in [1.165, 1.54) is 11.1 Å². The molecule has 3 heteroatoms. The average Bonchev–Trinajstić information content (AvgIpc) is 3.02. The van der Waals surface area contributed by atoms with E-state index in [0.717, 1.165) is 25.1 Å². The van der Waals surface area contributed by atoms with Crippen LogP contribution in [0.3, 0.4) is 0 Å². The molecular formula is C18H20N2O. The van der Waals surface area contributed by atoms with Crippen molar-refractivity contribution in [3.8, 4) is 11.1 Å². The number of rotatable bonds is 4. The second-order valence-corrected chi connectivity index (χ2v) is 5.50. The van der Waals surface area contributed by atoms with Crippen LogP contribution in [0.15, 0.2) is 54.6 Å². The fraction of sp³-hybridized carbons (Fsp3) is 0.278. The molecule has 2 aromatic rings. The fourth-order valence-electron chi connectivity index (χ4n) is 2.69. The molecule has 0 radical (unpaired) electrons. The highest BCUT2D eigenvalue weighted by Crippen LogP contribution is 2.19. The monoisotopic (exact) mass is 280 g/mol. The molecule has 1 aliphatic rings. The summed E-state index contributed by atoms with van der Waals surface area (Å²) >= 11 is 0. The van der Waals surface area contributed by atoms with E-state index in [2.05, 4.69) is 34.9 Å². The van der Waals surface area contributed by atoms with Gasteiger partial charge in [-0.1, -0.05) is 54.6 Å². The highest BCUT2D eigenvalue weighted by Gasteiger charge is 2.16. The van der Waals surface area contributed by atoms with E-state index in [4.69, 9.17) is 0 Å². The van der Waals surface area contributed by atoms with Gasteiger partial charge in [0, 0.05) is 12.6 Å². The normalized spacial score (nSPS) is 17.6. The number of carbonyl (C=O) groups is 1. The number of hydrogen-bond acceptors (Lipinski definition) is 2. The lowest BCUT2D eigenvalue weighted by Crippen LogP contribution is -2.37. The van der Waals surface area contributed by atoms with Gasteiger partial charge in [-0.15, -0.1) is 0 Å². The number of benzene rings is 2. The molecule has 0 bridgehead atoms. The average molecular weight is 280 g/mol. The predicted octanol–water partition coefficient (Wildman–Crippen LogP) is 2.37. The van der Waals surface area contributed by atoms with Gasteiger partial charge in [0.25, 0.3) is 0 Å². The molecule has 0 spiro atoms. The molecule has 0 aromatic heterocycles. The Bertz CT molecular complexity index is 586. The first kappa shape index (κ1) is 13.8. The van der Waals surface area contributed by atoms with Crippen molar-refractivity contribution in [3.05, 3.63) is 60.2 Å². The van der Waals surface area contributed by atoms with Crippen LogP contribution in [0.25, 0.3) is 11.1 Å². The molecule has 1 saturated heterocycles. The molecule has 1 atom stereocenters. The largest absolute Gasteiger partial charge is 0.352 e. The van der Waals surface area contributed by atoms with Gasteiger partial charge < -0.3 is 10.6 Å². The molecule has 3 nitrogen and oxygen atoms in total. The quantitative estimate of drug-likeness (QED) is 0.903. The van der Waals surface area contributed by atoms with Gasteiger partial charge >= 0.3 is 0 Å². The van der Waals surface area contributed by atoms with E-state index >= 15 is 0 Å². The molecule has 1 amide bonds. The van der Waals surface area contributed by atoms with Gasteiger partial charge in [-0.25, -0.2) is 0 Å². The summed E-state index contributed by atoms with van der Waals surface area (Å²) < 4.78 is 0. The highest BCUT2D eigenvalue weighted by atomic mass is 16.1. The SMILES string of the molecule is O=C(Cc1ccc(-c2ccccc2)cc1)NC1CCNC1. The van der Waals surface area contributed by atoms with E-state index < -0.39 is 0 Å². The number of hydrogen-bond donors (Lipinski definition) is 2. The summed E-state index contributed by atoms with van der Waals surface area (Å²) in [5.74, 6) is 0.108. The Morgan fingerprint density at radius 1 is 1.05 bits per heavy atom. The zero-order valence-electron chi connectivity index (χ0n) is 12.0. The third-order valence-electron chi connectivity index (χ3n) is 3.85. The van der Waals surface area contributed by atoms with E-state index in [0.29, 0.717) is 12.5 Å². The van der Waals surface area contributed by atoms with Crippen LogP contribution < -0.4 is 10.6 Å². The summed E-state index contributed by atoms with van der Waals surface area (Å²) in [6.07, 6.45) is 1.48. The lowest BCUT2D eigenvalue weighted by molar-refractivity contribution is -0.121. The Hall–Kier alpha value is -2.13. The molecule has 1 aliphatic heterocycles. The Labute approximate surface area is 125 Å². The Morgan fingerprint density at radius 2 is 1.76 bits per heavy atom. The van der Waals surface area contributed by atoms with Gasteiger partial charge in [0.05, 0.1) is 6.42 Å². The molecule has 1 fully saturated rings. The van der Waals surface area contributed by atoms with Crippen LogP contribution in [0.2, 0.25) is 0 Å². The molecule has 3 rings (SSSR count). The molecule has 1 unspecified atom stereocenters. The van der Waals surface area contributed by atoms with Crippen LogP contribution in [-0.4, -0.2) is 25.0 Å². The summed E-state index contributed by atoms with van der Waals surface area (Å²) in [4.78, 5) is 12.0. The van der Waals surface area contributed by atoms with Gasteiger partial charge in [0.2, 0.25) is 5.91 Å². The summed E-state index contributed by atoms with van der Waals surface area (Å²) in [5, 5.41) is 6.32. The molecular weight excluding hydrogens is 260 g/mol. The lowest BCUT2D eigenvalue weighted by atomic mass is 10.0. The maximum atomic E-state index is 12.0. The second kappa shape index (κ2) is 6.55. The van der Waals surface area contributed by atoms with Gasteiger partial charge in [0.1, 0.15) is 0 Å². The zero-order chi connectivity index (χ0) is 14.5. The number of amides is 1. The zero-order valence-corrected chi connectivity index (χ0v) is 12.0. The summed E-state index contributed by atoms with van der Waals surface area (Å²) in [6.45, 7) is 1.88. The minimum atomic E-state index is 0.108.